The maximum atomic E-state index is 11.9. The summed E-state index contributed by atoms with van der Waals surface area (Å²) in [5, 5.41) is 15.0. The molecule has 2 aromatic heterocycles. The first-order valence-electron chi connectivity index (χ1n) is 8.05. The Balaban J connectivity index is 1.76. The molecule has 0 aliphatic carbocycles. The van der Waals surface area contributed by atoms with E-state index in [9.17, 15) is 14.9 Å². The Labute approximate surface area is 154 Å². The summed E-state index contributed by atoms with van der Waals surface area (Å²) in [6, 6.07) is 9.88. The normalized spacial score (nSPS) is 10.9. The minimum Gasteiger partial charge on any atom is -0.455 e. The number of hydrazone groups is 1. The van der Waals surface area contributed by atoms with E-state index in [0.717, 1.165) is 5.56 Å². The van der Waals surface area contributed by atoms with Gasteiger partial charge in [-0.1, -0.05) is 0 Å². The fraction of sp³-hybridized carbons (Fsp3) is 0.105. The predicted octanol–water partition coefficient (Wildman–Crippen LogP) is 3.63. The third-order valence-corrected chi connectivity index (χ3v) is 3.91. The third-order valence-electron chi connectivity index (χ3n) is 3.91. The lowest BCUT2D eigenvalue weighted by Gasteiger charge is -2.05. The zero-order valence-corrected chi connectivity index (χ0v) is 14.7. The number of nitro benzene ring substituents is 1. The van der Waals surface area contributed by atoms with Crippen molar-refractivity contribution in [1.29, 1.82) is 0 Å². The van der Waals surface area contributed by atoms with E-state index >= 15 is 0 Å². The van der Waals surface area contributed by atoms with Crippen molar-refractivity contribution in [3.63, 3.8) is 0 Å². The number of nitrogens with one attached hydrogen (secondary N) is 1. The lowest BCUT2D eigenvalue weighted by molar-refractivity contribution is -0.385. The first-order chi connectivity index (χ1) is 13.0. The molecule has 0 unspecified atom stereocenters. The molecule has 0 saturated carbocycles. The summed E-state index contributed by atoms with van der Waals surface area (Å²) < 4.78 is 5.68. The van der Waals surface area contributed by atoms with Crippen LogP contribution in [0.25, 0.3) is 11.3 Å². The molecule has 0 aliphatic rings. The van der Waals surface area contributed by atoms with Crippen molar-refractivity contribution in [1.82, 2.24) is 10.4 Å². The van der Waals surface area contributed by atoms with E-state index in [-0.39, 0.29) is 5.69 Å². The number of hydrogen-bond acceptors (Lipinski definition) is 6. The van der Waals surface area contributed by atoms with Gasteiger partial charge in [0.05, 0.1) is 16.7 Å². The number of furan rings is 1. The number of benzene rings is 1. The molecule has 136 valence electrons. The highest BCUT2D eigenvalue weighted by Crippen LogP contribution is 2.31. The maximum absolute atomic E-state index is 11.9. The molecule has 0 bridgehead atoms. The second-order valence-electron chi connectivity index (χ2n) is 5.85. The molecular formula is C19H16N4O4. The standard InChI is InChI=1S/C19H16N4O4/c1-12-8-13(2)17(23(25)26)9-16(12)18-6-5-15(27-18)11-21-22-19(24)14-4-3-7-20-10-14/h3-11H,1-2H3,(H,22,24)/b21-11+. The van der Waals surface area contributed by atoms with Crippen LogP contribution in [0.5, 0.6) is 0 Å². The molecule has 1 N–H and O–H groups in total. The Morgan fingerprint density at radius 2 is 2.07 bits per heavy atom. The Hall–Kier alpha value is -3.81. The van der Waals surface area contributed by atoms with E-state index in [2.05, 4.69) is 15.5 Å². The summed E-state index contributed by atoms with van der Waals surface area (Å²) >= 11 is 0. The van der Waals surface area contributed by atoms with E-state index < -0.39 is 10.8 Å². The topological polar surface area (TPSA) is 111 Å². The highest BCUT2D eigenvalue weighted by atomic mass is 16.6. The molecule has 8 heteroatoms. The maximum Gasteiger partial charge on any atom is 0.273 e. The number of pyridine rings is 1. The number of hydrogen-bond donors (Lipinski definition) is 1. The summed E-state index contributed by atoms with van der Waals surface area (Å²) in [5.41, 5.74) is 4.88. The molecular weight excluding hydrogens is 348 g/mol. The van der Waals surface area contributed by atoms with Gasteiger partial charge in [-0.05, 0) is 49.7 Å². The lowest BCUT2D eigenvalue weighted by Crippen LogP contribution is -2.17. The Morgan fingerprint density at radius 3 is 2.78 bits per heavy atom. The molecule has 0 fully saturated rings. The first-order valence-corrected chi connectivity index (χ1v) is 8.05. The van der Waals surface area contributed by atoms with Crippen molar-refractivity contribution in [2.75, 3.05) is 0 Å². The van der Waals surface area contributed by atoms with Crippen LogP contribution in [0.1, 0.15) is 27.2 Å². The molecule has 8 nitrogen and oxygen atoms in total. The summed E-state index contributed by atoms with van der Waals surface area (Å²) in [7, 11) is 0. The molecule has 0 spiro atoms. The zero-order valence-electron chi connectivity index (χ0n) is 14.7. The quantitative estimate of drug-likeness (QED) is 0.422. The minimum absolute atomic E-state index is 0.0333. The van der Waals surface area contributed by atoms with Crippen molar-refractivity contribution >= 4 is 17.8 Å². The van der Waals surface area contributed by atoms with E-state index in [1.54, 1.807) is 43.5 Å². The highest BCUT2D eigenvalue weighted by Gasteiger charge is 2.16. The largest absolute Gasteiger partial charge is 0.455 e. The Morgan fingerprint density at radius 1 is 1.26 bits per heavy atom. The van der Waals surface area contributed by atoms with Crippen LogP contribution in [0.2, 0.25) is 0 Å². The minimum atomic E-state index is -0.419. The predicted molar refractivity (Wildman–Crippen MR) is 99.6 cm³/mol. The number of amides is 1. The summed E-state index contributed by atoms with van der Waals surface area (Å²) in [5.74, 6) is 0.492. The highest BCUT2D eigenvalue weighted by molar-refractivity contribution is 5.94. The fourth-order valence-corrected chi connectivity index (χ4v) is 2.59. The first kappa shape index (κ1) is 18.0. The number of nitro groups is 1. The number of rotatable bonds is 5. The van der Waals surface area contributed by atoms with Gasteiger partial charge >= 0.3 is 0 Å². The van der Waals surface area contributed by atoms with Crippen LogP contribution in [0.15, 0.2) is 58.3 Å². The van der Waals surface area contributed by atoms with Crippen LogP contribution < -0.4 is 5.43 Å². The van der Waals surface area contributed by atoms with Gasteiger partial charge < -0.3 is 4.42 Å². The van der Waals surface area contributed by atoms with Crippen LogP contribution in [0.4, 0.5) is 5.69 Å². The van der Waals surface area contributed by atoms with Crippen LogP contribution >= 0.6 is 0 Å². The van der Waals surface area contributed by atoms with Crippen molar-refractivity contribution in [3.8, 4) is 11.3 Å². The van der Waals surface area contributed by atoms with Crippen LogP contribution in [-0.2, 0) is 0 Å². The smallest absolute Gasteiger partial charge is 0.273 e. The van der Waals surface area contributed by atoms with E-state index in [1.807, 2.05) is 6.92 Å². The summed E-state index contributed by atoms with van der Waals surface area (Å²) in [6.07, 6.45) is 4.36. The summed E-state index contributed by atoms with van der Waals surface area (Å²) in [4.78, 5) is 26.5. The average molecular weight is 364 g/mol. The van der Waals surface area contributed by atoms with Crippen molar-refractivity contribution < 1.29 is 14.1 Å². The van der Waals surface area contributed by atoms with E-state index in [1.165, 1.54) is 18.5 Å². The number of aromatic nitrogens is 1. The monoisotopic (exact) mass is 364 g/mol. The Bertz CT molecular complexity index is 1030. The summed E-state index contributed by atoms with van der Waals surface area (Å²) in [6.45, 7) is 3.55. The van der Waals surface area contributed by atoms with Gasteiger partial charge in [0.1, 0.15) is 11.5 Å². The average Bonchev–Trinajstić information content (AvgIpc) is 3.10. The molecule has 2 heterocycles. The molecule has 3 rings (SSSR count). The Kier molecular flexibility index (Phi) is 5.07. The number of carbonyl (C=O) groups excluding carboxylic acids is 1. The second kappa shape index (κ2) is 7.61. The van der Waals surface area contributed by atoms with Crippen LogP contribution in [-0.4, -0.2) is 22.0 Å². The SMILES string of the molecule is Cc1cc(C)c([N+](=O)[O-])cc1-c1ccc(/C=N/NC(=O)c2cccnc2)o1. The second-order valence-corrected chi connectivity index (χ2v) is 5.85. The molecule has 0 saturated heterocycles. The number of aryl methyl sites for hydroxylation is 2. The van der Waals surface area contributed by atoms with Gasteiger partial charge in [-0.15, -0.1) is 0 Å². The molecule has 27 heavy (non-hydrogen) atoms. The van der Waals surface area contributed by atoms with Crippen molar-refractivity contribution in [3.05, 3.63) is 81.4 Å². The van der Waals surface area contributed by atoms with Crippen molar-refractivity contribution in [2.45, 2.75) is 13.8 Å². The molecule has 1 amide bonds. The van der Waals surface area contributed by atoms with E-state index in [4.69, 9.17) is 4.42 Å². The number of carbonyl (C=O) groups is 1. The van der Waals surface area contributed by atoms with Crippen LogP contribution in [0, 0.1) is 24.0 Å². The van der Waals surface area contributed by atoms with Gasteiger partial charge in [0.15, 0.2) is 0 Å². The van der Waals surface area contributed by atoms with Gasteiger partial charge in [0, 0.05) is 29.6 Å². The van der Waals surface area contributed by atoms with Crippen molar-refractivity contribution in [2.24, 2.45) is 5.10 Å². The van der Waals surface area contributed by atoms with E-state index in [0.29, 0.717) is 28.2 Å². The molecule has 3 aromatic rings. The molecule has 1 aromatic carbocycles. The van der Waals surface area contributed by atoms with Gasteiger partial charge in [-0.2, -0.15) is 5.10 Å². The molecule has 0 atom stereocenters. The van der Waals surface area contributed by atoms with Gasteiger partial charge in [-0.25, -0.2) is 5.43 Å². The van der Waals surface area contributed by atoms with Gasteiger partial charge in [0.25, 0.3) is 11.6 Å². The molecule has 0 radical (unpaired) electrons. The van der Waals surface area contributed by atoms with Gasteiger partial charge in [0.2, 0.25) is 0 Å². The third kappa shape index (κ3) is 4.06. The molecule has 0 aliphatic heterocycles. The number of nitrogens with zero attached hydrogens (tertiary/aromatic N) is 3. The fourth-order valence-electron chi connectivity index (χ4n) is 2.59. The van der Waals surface area contributed by atoms with Gasteiger partial charge in [-0.3, -0.25) is 19.9 Å². The van der Waals surface area contributed by atoms with Crippen LogP contribution in [0.3, 0.4) is 0 Å². The zero-order chi connectivity index (χ0) is 19.4. The lowest BCUT2D eigenvalue weighted by atomic mass is 10.0.